The van der Waals surface area contributed by atoms with Crippen molar-refractivity contribution in [3.63, 3.8) is 0 Å². The zero-order valence-electron chi connectivity index (χ0n) is 11.3. The highest BCUT2D eigenvalue weighted by Gasteiger charge is 2.16. The molecule has 2 aromatic carbocycles. The second kappa shape index (κ2) is 5.84. The van der Waals surface area contributed by atoms with Gasteiger partial charge in [0, 0.05) is 5.56 Å². The molecule has 0 spiro atoms. The molecule has 0 aromatic heterocycles. The van der Waals surface area contributed by atoms with Gasteiger partial charge in [0.15, 0.2) is 0 Å². The van der Waals surface area contributed by atoms with E-state index >= 15 is 0 Å². The Morgan fingerprint density at radius 2 is 1.85 bits per heavy atom. The van der Waals surface area contributed by atoms with E-state index in [0.717, 1.165) is 16.7 Å². The van der Waals surface area contributed by atoms with Crippen molar-refractivity contribution in [1.29, 1.82) is 0 Å². The summed E-state index contributed by atoms with van der Waals surface area (Å²) >= 11 is 4.96. The molecule has 20 heavy (non-hydrogen) atoms. The van der Waals surface area contributed by atoms with E-state index in [2.05, 4.69) is 0 Å². The third-order valence-electron chi connectivity index (χ3n) is 3.14. The molecule has 2 aromatic rings. The third-order valence-corrected chi connectivity index (χ3v) is 3.38. The van der Waals surface area contributed by atoms with Crippen molar-refractivity contribution < 1.29 is 9.53 Å². The lowest BCUT2D eigenvalue weighted by Crippen LogP contribution is -2.12. The molecule has 0 radical (unpaired) electrons. The summed E-state index contributed by atoms with van der Waals surface area (Å²) in [6, 6.07) is 13.2. The molecule has 0 aliphatic heterocycles. The van der Waals surface area contributed by atoms with Crippen LogP contribution in [-0.2, 0) is 4.74 Å². The van der Waals surface area contributed by atoms with Crippen molar-refractivity contribution >= 4 is 23.2 Å². The summed E-state index contributed by atoms with van der Waals surface area (Å²) in [5.41, 5.74) is 9.62. The molecule has 0 saturated heterocycles. The molecular formula is C16H15NO2S. The van der Waals surface area contributed by atoms with E-state index in [0.29, 0.717) is 11.1 Å². The number of nitrogens with two attached hydrogens (primary N) is 1. The van der Waals surface area contributed by atoms with Crippen molar-refractivity contribution in [3.05, 3.63) is 59.2 Å². The number of methoxy groups -OCH3 is 1. The first-order valence-corrected chi connectivity index (χ1v) is 6.53. The Balaban J connectivity index is 2.67. The molecule has 0 aliphatic rings. The van der Waals surface area contributed by atoms with Crippen LogP contribution in [0.5, 0.6) is 0 Å². The van der Waals surface area contributed by atoms with Crippen LogP contribution in [0.3, 0.4) is 0 Å². The number of carbonyl (C=O) groups excluding carboxylic acids is 1. The third kappa shape index (κ3) is 2.70. The lowest BCUT2D eigenvalue weighted by molar-refractivity contribution is 0.0601. The van der Waals surface area contributed by atoms with Gasteiger partial charge in [-0.05, 0) is 29.7 Å². The number of thiocarbonyl (C=S) groups is 1. The van der Waals surface area contributed by atoms with E-state index in [1.807, 2.05) is 43.3 Å². The molecule has 0 unspecified atom stereocenters. The summed E-state index contributed by atoms with van der Waals surface area (Å²) in [6.07, 6.45) is 0. The maximum absolute atomic E-state index is 12.0. The molecule has 2 rings (SSSR count). The van der Waals surface area contributed by atoms with Gasteiger partial charge in [0.1, 0.15) is 4.99 Å². The molecule has 0 saturated carbocycles. The lowest BCUT2D eigenvalue weighted by atomic mass is 9.94. The highest BCUT2D eigenvalue weighted by Crippen LogP contribution is 2.28. The fraction of sp³-hybridized carbons (Fsp3) is 0.125. The first-order chi connectivity index (χ1) is 9.54. The van der Waals surface area contributed by atoms with Crippen molar-refractivity contribution in [3.8, 4) is 11.1 Å². The van der Waals surface area contributed by atoms with Gasteiger partial charge in [0.25, 0.3) is 0 Å². The lowest BCUT2D eigenvalue weighted by Gasteiger charge is -2.12. The van der Waals surface area contributed by atoms with Crippen molar-refractivity contribution in [2.45, 2.75) is 6.92 Å². The predicted molar refractivity (Wildman–Crippen MR) is 83.8 cm³/mol. The number of hydrogen-bond acceptors (Lipinski definition) is 3. The van der Waals surface area contributed by atoms with Crippen molar-refractivity contribution in [1.82, 2.24) is 0 Å². The molecule has 0 atom stereocenters. The van der Waals surface area contributed by atoms with E-state index in [-0.39, 0.29) is 4.99 Å². The predicted octanol–water partition coefficient (Wildman–Crippen LogP) is 3.08. The highest BCUT2D eigenvalue weighted by molar-refractivity contribution is 7.80. The smallest absolute Gasteiger partial charge is 0.338 e. The molecular weight excluding hydrogens is 270 g/mol. The van der Waals surface area contributed by atoms with E-state index in [9.17, 15) is 4.79 Å². The van der Waals surface area contributed by atoms with Gasteiger partial charge in [-0.15, -0.1) is 0 Å². The molecule has 2 N–H and O–H groups in total. The van der Waals surface area contributed by atoms with Gasteiger partial charge in [0.05, 0.1) is 12.7 Å². The maximum atomic E-state index is 12.0. The van der Waals surface area contributed by atoms with Crippen LogP contribution < -0.4 is 5.73 Å². The van der Waals surface area contributed by atoms with Crippen LogP contribution in [0.25, 0.3) is 11.1 Å². The summed E-state index contributed by atoms with van der Waals surface area (Å²) in [6.45, 7) is 2.00. The first kappa shape index (κ1) is 14.2. The number of esters is 1. The monoisotopic (exact) mass is 285 g/mol. The van der Waals surface area contributed by atoms with Crippen LogP contribution >= 0.6 is 12.2 Å². The van der Waals surface area contributed by atoms with E-state index in [1.165, 1.54) is 7.11 Å². The molecule has 0 fully saturated rings. The fourth-order valence-corrected chi connectivity index (χ4v) is 2.21. The number of rotatable bonds is 3. The number of hydrogen-bond donors (Lipinski definition) is 1. The topological polar surface area (TPSA) is 52.3 Å². The molecule has 3 nitrogen and oxygen atoms in total. The van der Waals surface area contributed by atoms with Gasteiger partial charge in [-0.1, -0.05) is 48.6 Å². The van der Waals surface area contributed by atoms with Crippen LogP contribution in [-0.4, -0.2) is 18.1 Å². The quantitative estimate of drug-likeness (QED) is 0.695. The zero-order chi connectivity index (χ0) is 14.7. The van der Waals surface area contributed by atoms with Crippen LogP contribution in [0.15, 0.2) is 42.5 Å². The summed E-state index contributed by atoms with van der Waals surface area (Å²) in [5.74, 6) is -0.402. The molecule has 102 valence electrons. The highest BCUT2D eigenvalue weighted by atomic mass is 32.1. The SMILES string of the molecule is COC(=O)c1cc(C(N)=S)ccc1-c1ccccc1C. The van der Waals surface area contributed by atoms with Crippen molar-refractivity contribution in [2.75, 3.05) is 7.11 Å². The Hall–Kier alpha value is -2.20. The number of aryl methyl sites for hydroxylation is 1. The Morgan fingerprint density at radius 3 is 2.45 bits per heavy atom. The Kier molecular flexibility index (Phi) is 4.15. The Bertz CT molecular complexity index is 680. The average molecular weight is 285 g/mol. The summed E-state index contributed by atoms with van der Waals surface area (Å²) in [5, 5.41) is 0. The second-order valence-electron chi connectivity index (χ2n) is 4.43. The largest absolute Gasteiger partial charge is 0.465 e. The van der Waals surface area contributed by atoms with Gasteiger partial charge in [0.2, 0.25) is 0 Å². The first-order valence-electron chi connectivity index (χ1n) is 6.12. The Morgan fingerprint density at radius 1 is 1.15 bits per heavy atom. The molecule has 0 amide bonds. The van der Waals surface area contributed by atoms with Crippen molar-refractivity contribution in [2.24, 2.45) is 5.73 Å². The number of ether oxygens (including phenoxy) is 1. The minimum absolute atomic E-state index is 0.256. The number of benzene rings is 2. The van der Waals surface area contributed by atoms with E-state index in [1.54, 1.807) is 6.07 Å². The standard InChI is InChI=1S/C16H15NO2S/c1-10-5-3-4-6-12(10)13-8-7-11(15(17)20)9-14(13)16(18)19-2/h3-9H,1-2H3,(H2,17,20). The summed E-state index contributed by atoms with van der Waals surface area (Å²) in [4.78, 5) is 12.2. The van der Waals surface area contributed by atoms with Crippen LogP contribution in [0.4, 0.5) is 0 Å². The fourth-order valence-electron chi connectivity index (χ4n) is 2.09. The van der Waals surface area contributed by atoms with Crippen LogP contribution in [0.2, 0.25) is 0 Å². The maximum Gasteiger partial charge on any atom is 0.338 e. The van der Waals surface area contributed by atoms with Gasteiger partial charge in [-0.25, -0.2) is 4.79 Å². The summed E-state index contributed by atoms with van der Waals surface area (Å²) in [7, 11) is 1.36. The van der Waals surface area contributed by atoms with Gasteiger partial charge < -0.3 is 10.5 Å². The van der Waals surface area contributed by atoms with Gasteiger partial charge in [-0.3, -0.25) is 0 Å². The molecule has 4 heteroatoms. The zero-order valence-corrected chi connectivity index (χ0v) is 12.2. The van der Waals surface area contributed by atoms with E-state index in [4.69, 9.17) is 22.7 Å². The van der Waals surface area contributed by atoms with E-state index < -0.39 is 5.97 Å². The molecule has 0 heterocycles. The average Bonchev–Trinajstić information content (AvgIpc) is 2.46. The van der Waals surface area contributed by atoms with Crippen LogP contribution in [0.1, 0.15) is 21.5 Å². The summed E-state index contributed by atoms with van der Waals surface area (Å²) < 4.78 is 4.85. The molecule has 0 bridgehead atoms. The van der Waals surface area contributed by atoms with Crippen LogP contribution in [0, 0.1) is 6.92 Å². The number of carbonyl (C=O) groups is 1. The van der Waals surface area contributed by atoms with Gasteiger partial charge in [-0.2, -0.15) is 0 Å². The minimum atomic E-state index is -0.402. The molecule has 0 aliphatic carbocycles. The second-order valence-corrected chi connectivity index (χ2v) is 4.87. The Labute approximate surface area is 123 Å². The van der Waals surface area contributed by atoms with Gasteiger partial charge >= 0.3 is 5.97 Å². The normalized spacial score (nSPS) is 10.1. The minimum Gasteiger partial charge on any atom is -0.465 e.